The summed E-state index contributed by atoms with van der Waals surface area (Å²) in [6.07, 6.45) is 0. The molecule has 0 heterocycles. The van der Waals surface area contributed by atoms with Crippen LogP contribution in [0.2, 0.25) is 5.02 Å². The van der Waals surface area contributed by atoms with E-state index in [-0.39, 0.29) is 0 Å². The number of hydrogen-bond acceptors (Lipinski definition) is 5. The van der Waals surface area contributed by atoms with Gasteiger partial charge in [0.25, 0.3) is 0 Å². The zero-order valence-electron chi connectivity index (χ0n) is 13.9. The van der Waals surface area contributed by atoms with Gasteiger partial charge >= 0.3 is 0 Å². The average molecular weight is 352 g/mol. The first-order chi connectivity index (χ1) is 11.7. The Labute approximate surface area is 147 Å². The first-order valence-corrected chi connectivity index (χ1v) is 8.11. The van der Waals surface area contributed by atoms with Gasteiger partial charge in [-0.25, -0.2) is 0 Å². The molecule has 2 N–H and O–H groups in total. The van der Waals surface area contributed by atoms with Crippen molar-refractivity contribution in [2.75, 3.05) is 26.9 Å². The van der Waals surface area contributed by atoms with E-state index in [1.807, 2.05) is 37.3 Å². The highest BCUT2D eigenvalue weighted by Gasteiger charge is 2.12. The van der Waals surface area contributed by atoms with E-state index < -0.39 is 0 Å². The smallest absolute Gasteiger partial charge is 0.179 e. The molecule has 0 fully saturated rings. The lowest BCUT2D eigenvalue weighted by Crippen LogP contribution is -2.11. The SMILES string of the molecule is CCOc1ccccc1OCCOc1c(Cl)cc(CN)cc1OC. The highest BCUT2D eigenvalue weighted by molar-refractivity contribution is 6.32. The van der Waals surface area contributed by atoms with Gasteiger partial charge in [-0.05, 0) is 36.8 Å². The molecule has 0 saturated carbocycles. The molecule has 2 aromatic rings. The first-order valence-electron chi connectivity index (χ1n) is 7.73. The number of benzene rings is 2. The summed E-state index contributed by atoms with van der Waals surface area (Å²) in [7, 11) is 1.56. The minimum atomic E-state index is 0.318. The summed E-state index contributed by atoms with van der Waals surface area (Å²) in [5.41, 5.74) is 6.51. The molecule has 6 heteroatoms. The number of para-hydroxylation sites is 2. The average Bonchev–Trinajstić information content (AvgIpc) is 2.60. The van der Waals surface area contributed by atoms with Gasteiger partial charge in [0, 0.05) is 6.54 Å². The molecule has 0 radical (unpaired) electrons. The molecule has 0 aliphatic rings. The molecule has 0 atom stereocenters. The van der Waals surface area contributed by atoms with E-state index in [1.54, 1.807) is 13.2 Å². The van der Waals surface area contributed by atoms with Crippen molar-refractivity contribution in [3.8, 4) is 23.0 Å². The van der Waals surface area contributed by atoms with E-state index in [4.69, 9.17) is 36.3 Å². The van der Waals surface area contributed by atoms with Gasteiger partial charge in [-0.1, -0.05) is 23.7 Å². The Morgan fingerprint density at radius 3 is 2.25 bits per heavy atom. The van der Waals surface area contributed by atoms with Crippen molar-refractivity contribution in [2.24, 2.45) is 5.73 Å². The molecule has 2 aromatic carbocycles. The van der Waals surface area contributed by atoms with E-state index in [9.17, 15) is 0 Å². The Balaban J connectivity index is 1.95. The minimum absolute atomic E-state index is 0.318. The molecule has 5 nitrogen and oxygen atoms in total. The van der Waals surface area contributed by atoms with Gasteiger partial charge in [0.2, 0.25) is 0 Å². The van der Waals surface area contributed by atoms with Gasteiger partial charge in [0.15, 0.2) is 23.0 Å². The summed E-state index contributed by atoms with van der Waals surface area (Å²) >= 11 is 6.23. The van der Waals surface area contributed by atoms with Crippen molar-refractivity contribution in [1.82, 2.24) is 0 Å². The molecular formula is C18H22ClNO4. The van der Waals surface area contributed by atoms with E-state index in [2.05, 4.69) is 0 Å². The Bertz CT molecular complexity index is 663. The Morgan fingerprint density at radius 2 is 1.62 bits per heavy atom. The maximum absolute atomic E-state index is 6.23. The number of rotatable bonds is 9. The Kier molecular flexibility index (Phi) is 7.03. The van der Waals surface area contributed by atoms with Crippen LogP contribution in [0.3, 0.4) is 0 Å². The standard InChI is InChI=1S/C18H22ClNO4/c1-3-22-15-6-4-5-7-16(15)23-8-9-24-18-14(19)10-13(12-20)11-17(18)21-2/h4-7,10-11H,3,8-9,12,20H2,1-2H3. The van der Waals surface area contributed by atoms with Crippen LogP contribution < -0.4 is 24.7 Å². The van der Waals surface area contributed by atoms with Crippen LogP contribution in [0.4, 0.5) is 0 Å². The van der Waals surface area contributed by atoms with Gasteiger partial charge in [-0.15, -0.1) is 0 Å². The molecule has 0 aromatic heterocycles. The summed E-state index contributed by atoms with van der Waals surface area (Å²) in [5.74, 6) is 2.43. The molecule has 0 aliphatic heterocycles. The maximum Gasteiger partial charge on any atom is 0.179 e. The van der Waals surface area contributed by atoms with E-state index in [0.717, 1.165) is 5.56 Å². The quantitative estimate of drug-likeness (QED) is 0.698. The monoisotopic (exact) mass is 351 g/mol. The molecule has 0 aliphatic carbocycles. The van der Waals surface area contributed by atoms with Crippen LogP contribution in [-0.4, -0.2) is 26.9 Å². The van der Waals surface area contributed by atoms with Crippen molar-refractivity contribution in [1.29, 1.82) is 0 Å². The van der Waals surface area contributed by atoms with Gasteiger partial charge < -0.3 is 24.7 Å². The van der Waals surface area contributed by atoms with Crippen molar-refractivity contribution in [3.05, 3.63) is 47.0 Å². The predicted molar refractivity (Wildman–Crippen MR) is 94.5 cm³/mol. The predicted octanol–water partition coefficient (Wildman–Crippen LogP) is 3.66. The summed E-state index contributed by atoms with van der Waals surface area (Å²) in [4.78, 5) is 0. The van der Waals surface area contributed by atoms with Gasteiger partial charge in [0.1, 0.15) is 13.2 Å². The zero-order valence-corrected chi connectivity index (χ0v) is 14.6. The fourth-order valence-electron chi connectivity index (χ4n) is 2.17. The number of methoxy groups -OCH3 is 1. The van der Waals surface area contributed by atoms with E-state index in [1.165, 1.54) is 0 Å². The van der Waals surface area contributed by atoms with Crippen molar-refractivity contribution in [3.63, 3.8) is 0 Å². The molecule has 0 amide bonds. The van der Waals surface area contributed by atoms with Crippen molar-refractivity contribution in [2.45, 2.75) is 13.5 Å². The fraction of sp³-hybridized carbons (Fsp3) is 0.333. The highest BCUT2D eigenvalue weighted by Crippen LogP contribution is 2.36. The molecule has 0 bridgehead atoms. The van der Waals surface area contributed by atoms with Crippen LogP contribution in [0.5, 0.6) is 23.0 Å². The normalized spacial score (nSPS) is 10.3. The Morgan fingerprint density at radius 1 is 0.958 bits per heavy atom. The summed E-state index contributed by atoms with van der Waals surface area (Å²) in [6.45, 7) is 3.56. The summed E-state index contributed by atoms with van der Waals surface area (Å²) in [6, 6.07) is 11.1. The second-order valence-electron chi connectivity index (χ2n) is 4.89. The molecule has 2 rings (SSSR count). The first kappa shape index (κ1) is 18.2. The third-order valence-electron chi connectivity index (χ3n) is 3.26. The molecular weight excluding hydrogens is 330 g/mol. The zero-order chi connectivity index (χ0) is 17.4. The topological polar surface area (TPSA) is 62.9 Å². The lowest BCUT2D eigenvalue weighted by Gasteiger charge is -2.15. The summed E-state index contributed by atoms with van der Waals surface area (Å²) in [5, 5.41) is 0.463. The molecule has 24 heavy (non-hydrogen) atoms. The van der Waals surface area contributed by atoms with Crippen molar-refractivity contribution < 1.29 is 18.9 Å². The molecule has 130 valence electrons. The summed E-state index contributed by atoms with van der Waals surface area (Å²) < 4.78 is 22.3. The molecule has 0 spiro atoms. The van der Waals surface area contributed by atoms with E-state index in [0.29, 0.717) is 54.4 Å². The maximum atomic E-state index is 6.23. The fourth-order valence-corrected chi connectivity index (χ4v) is 2.46. The second-order valence-corrected chi connectivity index (χ2v) is 5.30. The van der Waals surface area contributed by atoms with Crippen LogP contribution in [0.25, 0.3) is 0 Å². The largest absolute Gasteiger partial charge is 0.493 e. The van der Waals surface area contributed by atoms with E-state index >= 15 is 0 Å². The highest BCUT2D eigenvalue weighted by atomic mass is 35.5. The second kappa shape index (κ2) is 9.25. The lowest BCUT2D eigenvalue weighted by atomic mass is 10.2. The number of halogens is 1. The van der Waals surface area contributed by atoms with Gasteiger partial charge in [0.05, 0.1) is 18.7 Å². The van der Waals surface area contributed by atoms with Crippen LogP contribution in [0.1, 0.15) is 12.5 Å². The van der Waals surface area contributed by atoms with Crippen LogP contribution >= 0.6 is 11.6 Å². The van der Waals surface area contributed by atoms with Crippen LogP contribution in [-0.2, 0) is 6.54 Å². The van der Waals surface area contributed by atoms with Crippen LogP contribution in [0, 0.1) is 0 Å². The number of nitrogens with two attached hydrogens (primary N) is 1. The molecule has 0 unspecified atom stereocenters. The third-order valence-corrected chi connectivity index (χ3v) is 3.54. The van der Waals surface area contributed by atoms with Gasteiger partial charge in [-0.2, -0.15) is 0 Å². The van der Waals surface area contributed by atoms with Crippen molar-refractivity contribution >= 4 is 11.6 Å². The van der Waals surface area contributed by atoms with Gasteiger partial charge in [-0.3, -0.25) is 0 Å². The lowest BCUT2D eigenvalue weighted by molar-refractivity contribution is 0.203. The Hall–Kier alpha value is -2.11. The third kappa shape index (κ3) is 4.69. The molecule has 0 saturated heterocycles. The van der Waals surface area contributed by atoms with Crippen LogP contribution in [0.15, 0.2) is 36.4 Å². The number of hydrogen-bond donors (Lipinski definition) is 1. The minimum Gasteiger partial charge on any atom is -0.493 e. The number of ether oxygens (including phenoxy) is 4.